The Morgan fingerprint density at radius 3 is 2.33 bits per heavy atom. The molecular weight excluding hydrogens is 228 g/mol. The summed E-state index contributed by atoms with van der Waals surface area (Å²) >= 11 is 0. The van der Waals surface area contributed by atoms with E-state index in [0.29, 0.717) is 25.7 Å². The largest absolute Gasteiger partial charge is 0.380 e. The smallest absolute Gasteiger partial charge is 0.234 e. The maximum absolute atomic E-state index is 11.8. The first-order valence-corrected chi connectivity index (χ1v) is 6.94. The van der Waals surface area contributed by atoms with E-state index >= 15 is 0 Å². The number of rotatable bonds is 9. The van der Waals surface area contributed by atoms with Gasteiger partial charge in [-0.2, -0.15) is 0 Å². The molecule has 0 radical (unpaired) electrons. The molecule has 0 aromatic carbocycles. The van der Waals surface area contributed by atoms with E-state index in [1.54, 1.807) is 0 Å². The Morgan fingerprint density at radius 1 is 1.28 bits per heavy atom. The predicted octanol–water partition coefficient (Wildman–Crippen LogP) is 1.94. The maximum atomic E-state index is 11.8. The van der Waals surface area contributed by atoms with Crippen molar-refractivity contribution in [1.29, 1.82) is 0 Å². The van der Waals surface area contributed by atoms with E-state index in [9.17, 15) is 4.79 Å². The zero-order chi connectivity index (χ0) is 14.2. The van der Waals surface area contributed by atoms with Crippen LogP contribution >= 0.6 is 0 Å². The van der Waals surface area contributed by atoms with Crippen LogP contribution in [0, 0.1) is 5.92 Å². The summed E-state index contributed by atoms with van der Waals surface area (Å²) in [5, 5.41) is 6.28. The lowest BCUT2D eigenvalue weighted by Crippen LogP contribution is -2.49. The van der Waals surface area contributed by atoms with E-state index in [-0.39, 0.29) is 17.5 Å². The highest BCUT2D eigenvalue weighted by molar-refractivity contribution is 5.78. The van der Waals surface area contributed by atoms with Gasteiger partial charge in [0.25, 0.3) is 0 Å². The summed E-state index contributed by atoms with van der Waals surface area (Å²) in [6.07, 6.45) is 0.922. The number of ether oxygens (including phenoxy) is 1. The molecule has 0 aliphatic heterocycles. The van der Waals surface area contributed by atoms with Crippen LogP contribution in [0.15, 0.2) is 0 Å². The Morgan fingerprint density at radius 2 is 1.89 bits per heavy atom. The maximum Gasteiger partial charge on any atom is 0.234 e. The van der Waals surface area contributed by atoms with Crippen molar-refractivity contribution in [3.63, 3.8) is 0 Å². The monoisotopic (exact) mass is 258 g/mol. The van der Waals surface area contributed by atoms with Gasteiger partial charge in [0.05, 0.1) is 13.2 Å². The van der Waals surface area contributed by atoms with Crippen LogP contribution in [0.25, 0.3) is 0 Å². The molecule has 1 amide bonds. The molecule has 0 heterocycles. The minimum absolute atomic E-state index is 0.0454. The number of hydrogen-bond donors (Lipinski definition) is 2. The summed E-state index contributed by atoms with van der Waals surface area (Å²) in [7, 11) is 0. The Kier molecular flexibility index (Phi) is 8.20. The first-order valence-electron chi connectivity index (χ1n) is 6.94. The number of hydrogen-bond acceptors (Lipinski definition) is 3. The van der Waals surface area contributed by atoms with Gasteiger partial charge in [-0.1, -0.05) is 20.8 Å². The predicted molar refractivity (Wildman–Crippen MR) is 75.6 cm³/mol. The molecule has 108 valence electrons. The van der Waals surface area contributed by atoms with Crippen LogP contribution in [0.3, 0.4) is 0 Å². The van der Waals surface area contributed by atoms with Gasteiger partial charge in [0.1, 0.15) is 0 Å². The summed E-state index contributed by atoms with van der Waals surface area (Å²) in [5.74, 6) is 0.493. The topological polar surface area (TPSA) is 50.4 Å². The van der Waals surface area contributed by atoms with Crippen molar-refractivity contribution in [2.45, 2.75) is 59.5 Å². The number of amides is 1. The Labute approximate surface area is 112 Å². The van der Waals surface area contributed by atoms with Gasteiger partial charge >= 0.3 is 0 Å². The van der Waals surface area contributed by atoms with Crippen LogP contribution in [-0.4, -0.2) is 37.2 Å². The molecule has 0 aliphatic carbocycles. The fourth-order valence-electron chi connectivity index (χ4n) is 1.47. The fraction of sp³-hybridized carbons (Fsp3) is 0.929. The second-order valence-electron chi connectivity index (χ2n) is 5.68. The first-order chi connectivity index (χ1) is 8.32. The average Bonchev–Trinajstić information content (AvgIpc) is 2.28. The van der Waals surface area contributed by atoms with Gasteiger partial charge in [0.15, 0.2) is 0 Å². The van der Waals surface area contributed by atoms with E-state index < -0.39 is 0 Å². The average molecular weight is 258 g/mol. The highest BCUT2D eigenvalue weighted by Crippen LogP contribution is 2.06. The molecule has 0 fully saturated rings. The summed E-state index contributed by atoms with van der Waals surface area (Å²) in [4.78, 5) is 11.8. The molecule has 0 saturated heterocycles. The van der Waals surface area contributed by atoms with Crippen LogP contribution in [0.1, 0.15) is 48.0 Å². The normalized spacial score (nSPS) is 13.7. The zero-order valence-electron chi connectivity index (χ0n) is 12.8. The fourth-order valence-corrected chi connectivity index (χ4v) is 1.47. The molecule has 18 heavy (non-hydrogen) atoms. The van der Waals surface area contributed by atoms with Crippen molar-refractivity contribution in [3.05, 3.63) is 0 Å². The van der Waals surface area contributed by atoms with Gasteiger partial charge in [-0.05, 0) is 33.1 Å². The first kappa shape index (κ1) is 17.4. The van der Waals surface area contributed by atoms with E-state index in [0.717, 1.165) is 6.42 Å². The number of carbonyl (C=O) groups excluding carboxylic acids is 1. The highest BCUT2D eigenvalue weighted by Gasteiger charge is 2.19. The van der Waals surface area contributed by atoms with Crippen LogP contribution < -0.4 is 10.6 Å². The van der Waals surface area contributed by atoms with Gasteiger partial charge in [-0.25, -0.2) is 0 Å². The van der Waals surface area contributed by atoms with Crippen molar-refractivity contribution in [2.75, 3.05) is 19.8 Å². The summed E-state index contributed by atoms with van der Waals surface area (Å²) in [6, 6.07) is 0.223. The molecule has 0 aliphatic rings. The standard InChI is InChI=1S/C14H30N2O2/c1-7-14(5,6)16-13(17)9-15-12(11(3)4)10-18-8-2/h11-12,15H,7-10H2,1-6H3,(H,16,17). The van der Waals surface area contributed by atoms with Crippen molar-refractivity contribution in [3.8, 4) is 0 Å². The minimum atomic E-state index is -0.133. The summed E-state index contributed by atoms with van der Waals surface area (Å²) in [5.41, 5.74) is -0.133. The lowest BCUT2D eigenvalue weighted by atomic mass is 10.0. The highest BCUT2D eigenvalue weighted by atomic mass is 16.5. The molecule has 0 aromatic rings. The summed E-state index contributed by atoms with van der Waals surface area (Å²) < 4.78 is 5.42. The SMILES string of the molecule is CCOCC(NCC(=O)NC(C)(C)CC)C(C)C. The second kappa shape index (κ2) is 8.48. The second-order valence-corrected chi connectivity index (χ2v) is 5.68. The quantitative estimate of drug-likeness (QED) is 0.664. The molecule has 0 rings (SSSR count). The number of carbonyl (C=O) groups is 1. The van der Waals surface area contributed by atoms with E-state index in [1.807, 2.05) is 20.8 Å². The molecular formula is C14H30N2O2. The third-order valence-corrected chi connectivity index (χ3v) is 3.19. The van der Waals surface area contributed by atoms with Gasteiger partial charge in [-0.15, -0.1) is 0 Å². The van der Waals surface area contributed by atoms with Crippen LogP contribution in [-0.2, 0) is 9.53 Å². The molecule has 2 N–H and O–H groups in total. The Balaban J connectivity index is 4.07. The van der Waals surface area contributed by atoms with Crippen LogP contribution in [0.5, 0.6) is 0 Å². The van der Waals surface area contributed by atoms with Crippen molar-refractivity contribution < 1.29 is 9.53 Å². The van der Waals surface area contributed by atoms with Crippen LogP contribution in [0.2, 0.25) is 0 Å². The molecule has 1 unspecified atom stereocenters. The van der Waals surface area contributed by atoms with Crippen LogP contribution in [0.4, 0.5) is 0 Å². The van der Waals surface area contributed by atoms with E-state index in [4.69, 9.17) is 4.74 Å². The third kappa shape index (κ3) is 7.67. The summed E-state index contributed by atoms with van der Waals surface area (Å²) in [6.45, 7) is 14.1. The third-order valence-electron chi connectivity index (χ3n) is 3.19. The molecule has 4 nitrogen and oxygen atoms in total. The Bertz CT molecular complexity index is 240. The van der Waals surface area contributed by atoms with E-state index in [2.05, 4.69) is 31.4 Å². The zero-order valence-corrected chi connectivity index (χ0v) is 12.8. The molecule has 0 saturated carbocycles. The van der Waals surface area contributed by atoms with Gasteiger partial charge in [0, 0.05) is 18.2 Å². The van der Waals surface area contributed by atoms with Gasteiger partial charge in [0.2, 0.25) is 5.91 Å². The molecule has 0 aromatic heterocycles. The number of nitrogens with one attached hydrogen (secondary N) is 2. The Hall–Kier alpha value is -0.610. The lowest BCUT2D eigenvalue weighted by Gasteiger charge is -2.26. The lowest BCUT2D eigenvalue weighted by molar-refractivity contribution is -0.122. The molecule has 1 atom stereocenters. The van der Waals surface area contributed by atoms with Crippen molar-refractivity contribution >= 4 is 5.91 Å². The van der Waals surface area contributed by atoms with Gasteiger partial charge in [-0.3, -0.25) is 4.79 Å². The van der Waals surface area contributed by atoms with Gasteiger partial charge < -0.3 is 15.4 Å². The minimum Gasteiger partial charge on any atom is -0.380 e. The van der Waals surface area contributed by atoms with Crippen molar-refractivity contribution in [2.24, 2.45) is 5.92 Å². The van der Waals surface area contributed by atoms with E-state index in [1.165, 1.54) is 0 Å². The molecule has 0 spiro atoms. The molecule has 4 heteroatoms. The molecule has 0 bridgehead atoms. The van der Waals surface area contributed by atoms with Crippen molar-refractivity contribution in [1.82, 2.24) is 10.6 Å².